The molecule has 0 N–H and O–H groups in total. The molecule has 0 saturated carbocycles. The van der Waals surface area contributed by atoms with Crippen molar-refractivity contribution in [1.29, 1.82) is 0 Å². The number of nitrogens with zero attached hydrogens (tertiary/aromatic N) is 1. The molecule has 0 aliphatic heterocycles. The van der Waals surface area contributed by atoms with Gasteiger partial charge in [-0.25, -0.2) is 0 Å². The van der Waals surface area contributed by atoms with E-state index < -0.39 is 8.96 Å². The van der Waals surface area contributed by atoms with Gasteiger partial charge in [0.05, 0.1) is 0 Å². The third-order valence-corrected chi connectivity index (χ3v) is 6.48. The van der Waals surface area contributed by atoms with Crippen LogP contribution < -0.4 is 24.8 Å². The van der Waals surface area contributed by atoms with Crippen molar-refractivity contribution in [3.8, 4) is 0 Å². The number of allylic oxidation sites excluding steroid dienone is 1. The van der Waals surface area contributed by atoms with Crippen molar-refractivity contribution in [2.75, 3.05) is 0 Å². The maximum Gasteiger partial charge on any atom is -1.00 e. The van der Waals surface area contributed by atoms with E-state index in [1.807, 2.05) is 0 Å². The minimum absolute atomic E-state index is 0. The standard InChI is InChI=1S/C15H22NSi.2ClH.Ti/c1-15(2,3)16(17(4)5)14-10-12-8-6-7-9-13(12)11-14;;;/h6-11,17H,1-5H3;2*1H;/q;;;+2/p-2. The first-order chi connectivity index (χ1) is 8.32. The van der Waals surface area contributed by atoms with Gasteiger partial charge in [0.2, 0.25) is 0 Å². The molecule has 1 nitrogen and oxygen atoms in total. The van der Waals surface area contributed by atoms with Gasteiger partial charge in [0.15, 0.2) is 0 Å². The summed E-state index contributed by atoms with van der Waals surface area (Å²) >= 11 is 2.34. The van der Waals surface area contributed by atoms with E-state index >= 15 is 0 Å². The number of benzene rings is 1. The number of hydrogen-bond acceptors (Lipinski definition) is 1. The van der Waals surface area contributed by atoms with Gasteiger partial charge >= 0.3 is 125 Å². The van der Waals surface area contributed by atoms with Crippen LogP contribution in [0.15, 0.2) is 30.0 Å². The minimum Gasteiger partial charge on any atom is -1.00 e. The Morgan fingerprint density at radius 3 is 2.10 bits per heavy atom. The predicted octanol–water partition coefficient (Wildman–Crippen LogP) is -2.28. The number of rotatable bonds is 2. The average molecular weight is 363 g/mol. The molecular formula is C15H22Cl2NSiTi. The molecule has 1 aromatic carbocycles. The molecule has 5 heteroatoms. The summed E-state index contributed by atoms with van der Waals surface area (Å²) < 4.78 is 3.23. The number of hydrogen-bond donors (Lipinski definition) is 0. The van der Waals surface area contributed by atoms with E-state index in [1.165, 1.54) is 16.8 Å². The Morgan fingerprint density at radius 2 is 1.65 bits per heavy atom. The summed E-state index contributed by atoms with van der Waals surface area (Å²) in [6, 6.07) is 8.80. The molecule has 1 unspecified atom stereocenters. The van der Waals surface area contributed by atoms with Crippen molar-refractivity contribution in [1.82, 2.24) is 4.57 Å². The second kappa shape index (κ2) is 7.51. The van der Waals surface area contributed by atoms with E-state index in [9.17, 15) is 0 Å². The summed E-state index contributed by atoms with van der Waals surface area (Å²) in [5.41, 5.74) is 4.63. The fourth-order valence-corrected chi connectivity index (χ4v) is 6.34. The van der Waals surface area contributed by atoms with Crippen LogP contribution in [0.4, 0.5) is 0 Å². The average Bonchev–Trinajstić information content (AvgIpc) is 2.55. The van der Waals surface area contributed by atoms with Crippen LogP contribution in [0.2, 0.25) is 13.1 Å². The predicted molar refractivity (Wildman–Crippen MR) is 77.6 cm³/mol. The van der Waals surface area contributed by atoms with E-state index in [2.05, 4.69) is 89.2 Å². The summed E-state index contributed by atoms with van der Waals surface area (Å²) in [5, 5.41) is 0. The van der Waals surface area contributed by atoms with E-state index in [0.29, 0.717) is 4.22 Å². The molecule has 109 valence electrons. The van der Waals surface area contributed by atoms with E-state index in [0.717, 1.165) is 0 Å². The molecule has 20 heavy (non-hydrogen) atoms. The van der Waals surface area contributed by atoms with Crippen molar-refractivity contribution in [2.45, 2.75) is 43.6 Å². The van der Waals surface area contributed by atoms with Gasteiger partial charge < -0.3 is 24.8 Å². The number of halogens is 2. The first-order valence-electron chi connectivity index (χ1n) is 6.63. The van der Waals surface area contributed by atoms with E-state index in [1.54, 1.807) is 0 Å². The topological polar surface area (TPSA) is 3.24 Å². The molecule has 0 heterocycles. The van der Waals surface area contributed by atoms with E-state index in [4.69, 9.17) is 0 Å². The van der Waals surface area contributed by atoms with Gasteiger partial charge in [0, 0.05) is 0 Å². The van der Waals surface area contributed by atoms with Crippen LogP contribution in [-0.2, 0) is 20.4 Å². The van der Waals surface area contributed by atoms with Gasteiger partial charge in [-0.15, -0.1) is 0 Å². The molecule has 1 atom stereocenters. The van der Waals surface area contributed by atoms with Crippen molar-refractivity contribution < 1.29 is 45.2 Å². The fourth-order valence-electron chi connectivity index (χ4n) is 2.98. The van der Waals surface area contributed by atoms with Crippen molar-refractivity contribution in [2.24, 2.45) is 0 Å². The Balaban J connectivity index is 0.00000180. The van der Waals surface area contributed by atoms with Crippen LogP contribution in [0.5, 0.6) is 0 Å². The summed E-state index contributed by atoms with van der Waals surface area (Å²) in [6.45, 7) is 11.8. The Kier molecular flexibility index (Phi) is 7.61. The van der Waals surface area contributed by atoms with Crippen LogP contribution >= 0.6 is 0 Å². The van der Waals surface area contributed by atoms with Gasteiger partial charge in [-0.05, 0) is 0 Å². The molecule has 0 fully saturated rings. The third-order valence-electron chi connectivity index (χ3n) is 3.42. The molecular weight excluding hydrogens is 341 g/mol. The Labute approximate surface area is 149 Å². The van der Waals surface area contributed by atoms with Crippen molar-refractivity contribution in [3.05, 3.63) is 41.1 Å². The zero-order valence-electron chi connectivity index (χ0n) is 12.7. The third kappa shape index (κ3) is 3.92. The minimum atomic E-state index is -0.868. The molecule has 0 saturated heterocycles. The van der Waals surface area contributed by atoms with Crippen molar-refractivity contribution in [3.63, 3.8) is 0 Å². The molecule has 0 radical (unpaired) electrons. The van der Waals surface area contributed by atoms with Crippen molar-refractivity contribution >= 4 is 15.0 Å². The maximum atomic E-state index is 2.69. The summed E-state index contributed by atoms with van der Waals surface area (Å²) in [4.78, 5) is 0. The molecule has 1 aliphatic rings. The van der Waals surface area contributed by atoms with Gasteiger partial charge in [0.1, 0.15) is 0 Å². The molecule has 0 amide bonds. The second-order valence-electron chi connectivity index (χ2n) is 6.27. The molecule has 0 bridgehead atoms. The molecule has 0 aromatic heterocycles. The van der Waals surface area contributed by atoms with Crippen LogP contribution in [0.3, 0.4) is 0 Å². The monoisotopic (exact) mass is 362 g/mol. The van der Waals surface area contributed by atoms with Crippen LogP contribution in [0.25, 0.3) is 6.08 Å². The Bertz CT molecular complexity index is 483. The first-order valence-corrected chi connectivity index (χ1v) is 10.4. The maximum absolute atomic E-state index is 2.69. The summed E-state index contributed by atoms with van der Waals surface area (Å²) in [6.07, 6.45) is 2.40. The second-order valence-corrected chi connectivity index (χ2v) is 9.87. The van der Waals surface area contributed by atoms with Crippen LogP contribution in [-0.4, -0.2) is 19.1 Å². The molecule has 1 aliphatic carbocycles. The zero-order chi connectivity index (χ0) is 13.5. The van der Waals surface area contributed by atoms with Crippen LogP contribution in [0.1, 0.15) is 36.1 Å². The Hall–Kier alpha value is 0.271. The summed E-state index contributed by atoms with van der Waals surface area (Å²) in [5.74, 6) is 0. The largest absolute Gasteiger partial charge is 1.00 e. The Morgan fingerprint density at radius 1 is 1.10 bits per heavy atom. The van der Waals surface area contributed by atoms with Gasteiger partial charge in [-0.3, -0.25) is 0 Å². The first kappa shape index (κ1) is 20.3. The van der Waals surface area contributed by atoms with Gasteiger partial charge in [-0.1, -0.05) is 0 Å². The molecule has 0 spiro atoms. The quantitative estimate of drug-likeness (QED) is 0.536. The van der Waals surface area contributed by atoms with Crippen LogP contribution in [0, 0.1) is 0 Å². The SMILES string of the molecule is C[SiH](C)N(C1=Cc2ccccc2[CH]1[Ti+2])C(C)(C)C.[Cl-].[Cl-]. The van der Waals surface area contributed by atoms with E-state index in [-0.39, 0.29) is 30.4 Å². The summed E-state index contributed by atoms with van der Waals surface area (Å²) in [7, 11) is -0.868. The normalized spacial score (nSPS) is 17.0. The fraction of sp³-hybridized carbons (Fsp3) is 0.467. The zero-order valence-corrected chi connectivity index (χ0v) is 17.0. The van der Waals surface area contributed by atoms with Gasteiger partial charge in [0.25, 0.3) is 0 Å². The smallest absolute Gasteiger partial charge is 1.00 e. The van der Waals surface area contributed by atoms with Gasteiger partial charge in [-0.2, -0.15) is 0 Å². The molecule has 1 aromatic rings. The number of fused-ring (bicyclic) bond motifs is 1. The molecule has 2 rings (SSSR count).